The summed E-state index contributed by atoms with van der Waals surface area (Å²) in [6, 6.07) is 0. The van der Waals surface area contributed by atoms with Crippen molar-refractivity contribution in [3.8, 4) is 0 Å². The van der Waals surface area contributed by atoms with Crippen molar-refractivity contribution in [1.82, 2.24) is 4.90 Å². The predicted molar refractivity (Wildman–Crippen MR) is 52.7 cm³/mol. The topological polar surface area (TPSA) is 83.6 Å². The minimum absolute atomic E-state index is 0.0309. The van der Waals surface area contributed by atoms with Crippen LogP contribution in [0.2, 0.25) is 0 Å². The van der Waals surface area contributed by atoms with Gasteiger partial charge >= 0.3 is 0 Å². The van der Waals surface area contributed by atoms with E-state index < -0.39 is 5.91 Å². The lowest BCUT2D eigenvalue weighted by molar-refractivity contribution is -0.167. The zero-order valence-electron chi connectivity index (χ0n) is 8.61. The Balaban J connectivity index is 1.93. The Kier molecular flexibility index (Phi) is 2.42. The number of aliphatic hydroxyl groups is 1. The van der Waals surface area contributed by atoms with Gasteiger partial charge in [-0.3, -0.25) is 9.59 Å². The molecule has 1 heterocycles. The third-order valence-corrected chi connectivity index (χ3v) is 3.49. The average molecular weight is 212 g/mol. The zero-order valence-corrected chi connectivity index (χ0v) is 8.61. The lowest BCUT2D eigenvalue weighted by Gasteiger charge is -2.51. The molecule has 1 saturated carbocycles. The fourth-order valence-corrected chi connectivity index (χ4v) is 2.59. The Morgan fingerprint density at radius 2 is 2.13 bits per heavy atom. The van der Waals surface area contributed by atoms with Gasteiger partial charge in [-0.15, -0.1) is 0 Å². The molecule has 2 rings (SSSR count). The van der Waals surface area contributed by atoms with Gasteiger partial charge in [-0.05, 0) is 25.7 Å². The number of aliphatic hydroxyl groups excluding tert-OH is 1. The molecular weight excluding hydrogens is 196 g/mol. The molecule has 5 nitrogen and oxygen atoms in total. The largest absolute Gasteiger partial charge is 0.393 e. The van der Waals surface area contributed by atoms with Crippen molar-refractivity contribution in [3.63, 3.8) is 0 Å². The maximum Gasteiger partial charge on any atom is 0.237 e. The maximum atomic E-state index is 11.8. The summed E-state index contributed by atoms with van der Waals surface area (Å²) >= 11 is 0. The molecule has 0 radical (unpaired) electrons. The molecular formula is C10H16N2O3. The van der Waals surface area contributed by atoms with Crippen molar-refractivity contribution in [2.24, 2.45) is 11.1 Å². The molecule has 1 aliphatic heterocycles. The number of β-lactam (4-membered cyclic amide) rings is 1. The molecule has 2 aliphatic rings. The van der Waals surface area contributed by atoms with Crippen molar-refractivity contribution in [1.29, 1.82) is 0 Å². The summed E-state index contributed by atoms with van der Waals surface area (Å²) in [6.07, 6.45) is 2.60. The highest BCUT2D eigenvalue weighted by Crippen LogP contribution is 2.44. The second-order valence-electron chi connectivity index (χ2n) is 4.64. The highest BCUT2D eigenvalue weighted by Gasteiger charge is 2.53. The predicted octanol–water partition coefficient (Wildman–Crippen LogP) is -0.765. The standard InChI is InChI=1S/C10H16N2O3/c11-8(14)5-12-6-10(9(12)15)3-1-7(13)2-4-10/h7,13H,1-6H2,(H2,11,14). The van der Waals surface area contributed by atoms with Crippen LogP contribution >= 0.6 is 0 Å². The molecule has 2 fully saturated rings. The first kappa shape index (κ1) is 10.4. The van der Waals surface area contributed by atoms with Crippen LogP contribution in [0, 0.1) is 5.41 Å². The number of carbonyl (C=O) groups excluding carboxylic acids is 2. The number of nitrogens with zero attached hydrogens (tertiary/aromatic N) is 1. The van der Waals surface area contributed by atoms with Crippen LogP contribution in [-0.4, -0.2) is 41.0 Å². The minimum Gasteiger partial charge on any atom is -0.393 e. The quantitative estimate of drug-likeness (QED) is 0.590. The smallest absolute Gasteiger partial charge is 0.237 e. The molecule has 3 N–H and O–H groups in total. The second-order valence-corrected chi connectivity index (χ2v) is 4.64. The molecule has 0 atom stereocenters. The van der Waals surface area contributed by atoms with Gasteiger partial charge in [0.1, 0.15) is 0 Å². The third-order valence-electron chi connectivity index (χ3n) is 3.49. The molecule has 15 heavy (non-hydrogen) atoms. The maximum absolute atomic E-state index is 11.8. The van der Waals surface area contributed by atoms with Crippen LogP contribution in [0.5, 0.6) is 0 Å². The van der Waals surface area contributed by atoms with E-state index >= 15 is 0 Å². The van der Waals surface area contributed by atoms with Crippen molar-refractivity contribution < 1.29 is 14.7 Å². The van der Waals surface area contributed by atoms with E-state index in [1.807, 2.05) is 0 Å². The van der Waals surface area contributed by atoms with Gasteiger partial charge < -0.3 is 15.7 Å². The van der Waals surface area contributed by atoms with E-state index in [0.29, 0.717) is 19.4 Å². The Morgan fingerprint density at radius 3 is 2.60 bits per heavy atom. The number of rotatable bonds is 2. The summed E-state index contributed by atoms with van der Waals surface area (Å²) < 4.78 is 0. The highest BCUT2D eigenvalue weighted by molar-refractivity contribution is 5.92. The van der Waals surface area contributed by atoms with E-state index in [-0.39, 0.29) is 24.0 Å². The molecule has 0 aromatic carbocycles. The molecule has 0 unspecified atom stereocenters. The molecule has 0 aromatic rings. The van der Waals surface area contributed by atoms with Crippen molar-refractivity contribution in [2.45, 2.75) is 31.8 Å². The van der Waals surface area contributed by atoms with Gasteiger partial charge in [0.2, 0.25) is 11.8 Å². The number of hydrogen-bond acceptors (Lipinski definition) is 3. The van der Waals surface area contributed by atoms with Gasteiger partial charge in [0.15, 0.2) is 0 Å². The lowest BCUT2D eigenvalue weighted by Crippen LogP contribution is -2.64. The van der Waals surface area contributed by atoms with E-state index in [9.17, 15) is 14.7 Å². The second kappa shape index (κ2) is 3.48. The van der Waals surface area contributed by atoms with E-state index in [4.69, 9.17) is 5.73 Å². The molecule has 1 saturated heterocycles. The van der Waals surface area contributed by atoms with Gasteiger partial charge in [0, 0.05) is 6.54 Å². The van der Waals surface area contributed by atoms with E-state index in [2.05, 4.69) is 0 Å². The van der Waals surface area contributed by atoms with Crippen molar-refractivity contribution in [3.05, 3.63) is 0 Å². The van der Waals surface area contributed by atoms with Crippen LogP contribution in [0.25, 0.3) is 0 Å². The van der Waals surface area contributed by atoms with Crippen LogP contribution in [0.1, 0.15) is 25.7 Å². The first-order valence-electron chi connectivity index (χ1n) is 5.29. The molecule has 2 amide bonds. The summed E-state index contributed by atoms with van der Waals surface area (Å²) in [6.45, 7) is 0.657. The third kappa shape index (κ3) is 1.71. The van der Waals surface area contributed by atoms with Gasteiger partial charge in [-0.2, -0.15) is 0 Å². The van der Waals surface area contributed by atoms with Gasteiger partial charge in [0.25, 0.3) is 0 Å². The molecule has 0 bridgehead atoms. The molecule has 5 heteroatoms. The summed E-state index contributed by atoms with van der Waals surface area (Å²) in [5.41, 5.74) is 4.75. The summed E-state index contributed by atoms with van der Waals surface area (Å²) in [5, 5.41) is 9.36. The van der Waals surface area contributed by atoms with E-state index in [1.54, 1.807) is 0 Å². The van der Waals surface area contributed by atoms with Gasteiger partial charge in [0.05, 0.1) is 18.1 Å². The Hall–Kier alpha value is -1.10. The van der Waals surface area contributed by atoms with Gasteiger partial charge in [-0.1, -0.05) is 0 Å². The molecule has 1 aliphatic carbocycles. The zero-order chi connectivity index (χ0) is 11.1. The number of primary amides is 1. The first-order chi connectivity index (χ1) is 7.03. The van der Waals surface area contributed by atoms with Crippen LogP contribution in [-0.2, 0) is 9.59 Å². The van der Waals surface area contributed by atoms with Gasteiger partial charge in [-0.25, -0.2) is 0 Å². The normalized spacial score (nSPS) is 35.4. The van der Waals surface area contributed by atoms with E-state index in [0.717, 1.165) is 12.8 Å². The van der Waals surface area contributed by atoms with Crippen LogP contribution in [0.3, 0.4) is 0 Å². The lowest BCUT2D eigenvalue weighted by atomic mass is 9.67. The number of hydrogen-bond donors (Lipinski definition) is 2. The Morgan fingerprint density at radius 1 is 1.53 bits per heavy atom. The molecule has 0 aromatic heterocycles. The molecule has 84 valence electrons. The first-order valence-corrected chi connectivity index (χ1v) is 5.29. The SMILES string of the molecule is NC(=O)CN1CC2(CCC(O)CC2)C1=O. The minimum atomic E-state index is -0.464. The van der Waals surface area contributed by atoms with Crippen molar-refractivity contribution in [2.75, 3.05) is 13.1 Å². The molecule has 1 spiro atoms. The van der Waals surface area contributed by atoms with Crippen LogP contribution in [0.4, 0.5) is 0 Å². The highest BCUT2D eigenvalue weighted by atomic mass is 16.3. The van der Waals surface area contributed by atoms with Crippen molar-refractivity contribution >= 4 is 11.8 Å². The number of likely N-dealkylation sites (tertiary alicyclic amines) is 1. The monoisotopic (exact) mass is 212 g/mol. The summed E-state index contributed by atoms with van der Waals surface area (Å²) in [4.78, 5) is 24.0. The van der Waals surface area contributed by atoms with Crippen LogP contribution < -0.4 is 5.73 Å². The Bertz CT molecular complexity index is 295. The van der Waals surface area contributed by atoms with Crippen LogP contribution in [0.15, 0.2) is 0 Å². The fraction of sp³-hybridized carbons (Fsp3) is 0.800. The Labute approximate surface area is 88.2 Å². The van der Waals surface area contributed by atoms with E-state index in [1.165, 1.54) is 4.90 Å². The fourth-order valence-electron chi connectivity index (χ4n) is 2.59. The summed E-state index contributed by atoms with van der Waals surface area (Å²) in [5.74, 6) is -0.428. The number of carbonyl (C=O) groups is 2. The summed E-state index contributed by atoms with van der Waals surface area (Å²) in [7, 11) is 0. The number of nitrogens with two attached hydrogens (primary N) is 1. The number of amides is 2. The average Bonchev–Trinajstić information content (AvgIpc) is 2.19.